The molecular formula is C18H31F3N2O5S. The number of carbonyl (C=O) groups is 1. The number of unbranched alkanes of at least 4 members (excludes halogenated alkanes) is 2. The average Bonchev–Trinajstić information content (AvgIpc) is 2.72. The first-order valence-electron chi connectivity index (χ1n) is 10.1. The van der Waals surface area contributed by atoms with Crippen LogP contribution in [0.15, 0.2) is 0 Å². The third-order valence-electron chi connectivity index (χ3n) is 5.62. The standard InChI is InChI=1S/C18H31F3N2O5S/c19-18(20,21)14-28-11-3-1-2-4-15-5-9-23(10-6-15)29(26)17(16(24)22-25)7-12-27-13-8-17/h15,25H,1-14H2,(H,22,24). The Bertz CT molecular complexity index is 536. The minimum absolute atomic E-state index is 0.121. The van der Waals surface area contributed by atoms with E-state index in [0.29, 0.717) is 51.5 Å². The van der Waals surface area contributed by atoms with Gasteiger partial charge in [0.05, 0.1) is 0 Å². The number of nitrogens with one attached hydrogen (secondary N) is 1. The van der Waals surface area contributed by atoms with Crippen molar-refractivity contribution in [3.8, 4) is 0 Å². The first-order chi connectivity index (χ1) is 13.8. The fourth-order valence-corrected chi connectivity index (χ4v) is 5.65. The molecule has 2 heterocycles. The van der Waals surface area contributed by atoms with Gasteiger partial charge in [-0.1, -0.05) is 19.3 Å². The molecule has 170 valence electrons. The molecule has 0 radical (unpaired) electrons. The van der Waals surface area contributed by atoms with Crippen molar-refractivity contribution in [3.63, 3.8) is 0 Å². The van der Waals surface area contributed by atoms with Crippen LogP contribution < -0.4 is 5.48 Å². The van der Waals surface area contributed by atoms with Gasteiger partial charge >= 0.3 is 6.18 Å². The van der Waals surface area contributed by atoms with Crippen molar-refractivity contribution >= 4 is 16.9 Å². The van der Waals surface area contributed by atoms with E-state index in [9.17, 15) is 22.2 Å². The van der Waals surface area contributed by atoms with Gasteiger partial charge in [0.25, 0.3) is 5.91 Å². The number of carbonyl (C=O) groups excluding carboxylic acids is 1. The molecule has 1 unspecified atom stereocenters. The molecule has 29 heavy (non-hydrogen) atoms. The minimum Gasteiger partial charge on any atom is -0.381 e. The molecule has 11 heteroatoms. The molecule has 2 fully saturated rings. The monoisotopic (exact) mass is 444 g/mol. The van der Waals surface area contributed by atoms with E-state index in [0.717, 1.165) is 32.1 Å². The molecule has 0 aromatic rings. The van der Waals surface area contributed by atoms with Crippen LogP contribution in [0, 0.1) is 5.92 Å². The molecule has 2 rings (SSSR count). The van der Waals surface area contributed by atoms with Crippen LogP contribution >= 0.6 is 0 Å². The molecule has 2 aliphatic rings. The maximum atomic E-state index is 13.1. The molecule has 0 aromatic heterocycles. The van der Waals surface area contributed by atoms with Crippen molar-refractivity contribution in [1.29, 1.82) is 0 Å². The largest absolute Gasteiger partial charge is 0.411 e. The van der Waals surface area contributed by atoms with Gasteiger partial charge in [-0.3, -0.25) is 10.0 Å². The van der Waals surface area contributed by atoms with Crippen LogP contribution in [0.4, 0.5) is 13.2 Å². The number of amides is 1. The van der Waals surface area contributed by atoms with Gasteiger partial charge in [-0.25, -0.2) is 14.0 Å². The van der Waals surface area contributed by atoms with E-state index in [1.165, 1.54) is 0 Å². The number of halogens is 3. The lowest BCUT2D eigenvalue weighted by Crippen LogP contribution is -2.57. The first-order valence-corrected chi connectivity index (χ1v) is 11.2. The zero-order valence-electron chi connectivity index (χ0n) is 16.5. The summed E-state index contributed by atoms with van der Waals surface area (Å²) in [5, 5.41) is 9.10. The molecule has 1 amide bonds. The smallest absolute Gasteiger partial charge is 0.381 e. The van der Waals surface area contributed by atoms with Crippen LogP contribution in [-0.2, 0) is 25.3 Å². The molecule has 2 saturated heterocycles. The highest BCUT2D eigenvalue weighted by Gasteiger charge is 2.48. The second kappa shape index (κ2) is 11.6. The first kappa shape index (κ1) is 24.5. The topological polar surface area (TPSA) is 88.1 Å². The molecule has 0 aromatic carbocycles. The van der Waals surface area contributed by atoms with Crippen LogP contribution in [-0.4, -0.2) is 70.1 Å². The Morgan fingerprint density at radius 2 is 1.86 bits per heavy atom. The molecular weight excluding hydrogens is 413 g/mol. The normalized spacial score (nSPS) is 22.3. The molecule has 2 aliphatic heterocycles. The summed E-state index contributed by atoms with van der Waals surface area (Å²) >= 11 is 0. The molecule has 0 bridgehead atoms. The number of hydrogen-bond donors (Lipinski definition) is 2. The van der Waals surface area contributed by atoms with Gasteiger partial charge in [0.2, 0.25) is 0 Å². The fourth-order valence-electron chi connectivity index (χ4n) is 3.90. The summed E-state index contributed by atoms with van der Waals surface area (Å²) in [6.07, 6.45) is 1.42. The van der Waals surface area contributed by atoms with Crippen LogP contribution in [0.5, 0.6) is 0 Å². The van der Waals surface area contributed by atoms with Crippen molar-refractivity contribution in [3.05, 3.63) is 0 Å². The highest BCUT2D eigenvalue weighted by Crippen LogP contribution is 2.33. The molecule has 7 nitrogen and oxygen atoms in total. The van der Waals surface area contributed by atoms with E-state index in [2.05, 4.69) is 4.74 Å². The average molecular weight is 445 g/mol. The van der Waals surface area contributed by atoms with Gasteiger partial charge in [-0.05, 0) is 38.0 Å². The minimum atomic E-state index is -4.27. The van der Waals surface area contributed by atoms with E-state index in [1.807, 2.05) is 4.31 Å². The van der Waals surface area contributed by atoms with Crippen LogP contribution in [0.25, 0.3) is 0 Å². The number of hydroxylamine groups is 1. The van der Waals surface area contributed by atoms with Gasteiger partial charge in [-0.15, -0.1) is 0 Å². The Hall–Kier alpha value is -0.750. The van der Waals surface area contributed by atoms with Crippen molar-refractivity contribution in [2.75, 3.05) is 39.5 Å². The van der Waals surface area contributed by atoms with E-state index in [4.69, 9.17) is 9.94 Å². The second-order valence-corrected chi connectivity index (χ2v) is 9.48. The highest BCUT2D eigenvalue weighted by atomic mass is 32.2. The lowest BCUT2D eigenvalue weighted by Gasteiger charge is -2.40. The Kier molecular flexibility index (Phi) is 9.80. The summed E-state index contributed by atoms with van der Waals surface area (Å²) in [6.45, 7) is 0.839. The summed E-state index contributed by atoms with van der Waals surface area (Å²) in [6, 6.07) is 0. The third kappa shape index (κ3) is 7.46. The van der Waals surface area contributed by atoms with Crippen LogP contribution in [0.1, 0.15) is 51.4 Å². The maximum absolute atomic E-state index is 13.1. The molecule has 0 aliphatic carbocycles. The van der Waals surface area contributed by atoms with Gasteiger partial charge in [0.1, 0.15) is 22.3 Å². The maximum Gasteiger partial charge on any atom is 0.411 e. The van der Waals surface area contributed by atoms with Crippen LogP contribution in [0.2, 0.25) is 0 Å². The van der Waals surface area contributed by atoms with Gasteiger partial charge in [-0.2, -0.15) is 13.2 Å². The van der Waals surface area contributed by atoms with Crippen molar-refractivity contribution in [2.24, 2.45) is 5.92 Å². The van der Waals surface area contributed by atoms with E-state index in [1.54, 1.807) is 5.48 Å². The lowest BCUT2D eigenvalue weighted by molar-refractivity contribution is -0.174. The third-order valence-corrected chi connectivity index (χ3v) is 7.72. The summed E-state index contributed by atoms with van der Waals surface area (Å²) in [7, 11) is -1.54. The van der Waals surface area contributed by atoms with Crippen molar-refractivity contribution < 1.29 is 36.9 Å². The summed E-state index contributed by atoms with van der Waals surface area (Å²) in [5.74, 6) is -0.134. The number of hydrogen-bond acceptors (Lipinski definition) is 5. The predicted octanol–water partition coefficient (Wildman–Crippen LogP) is 2.56. The van der Waals surface area contributed by atoms with Gasteiger partial charge in [0.15, 0.2) is 0 Å². The molecule has 2 N–H and O–H groups in total. The van der Waals surface area contributed by atoms with Crippen LogP contribution in [0.3, 0.4) is 0 Å². The number of alkyl halides is 3. The van der Waals surface area contributed by atoms with E-state index < -0.39 is 34.4 Å². The van der Waals surface area contributed by atoms with E-state index >= 15 is 0 Å². The van der Waals surface area contributed by atoms with Gasteiger partial charge < -0.3 is 9.47 Å². The lowest BCUT2D eigenvalue weighted by atomic mass is 9.92. The second-order valence-electron chi connectivity index (χ2n) is 7.69. The zero-order chi connectivity index (χ0) is 21.3. The Labute approximate surface area is 171 Å². The quantitative estimate of drug-likeness (QED) is 0.307. The summed E-state index contributed by atoms with van der Waals surface area (Å²) < 4.78 is 59.6. The summed E-state index contributed by atoms with van der Waals surface area (Å²) in [4.78, 5) is 12.2. The Balaban J connectivity index is 1.67. The zero-order valence-corrected chi connectivity index (χ0v) is 17.4. The van der Waals surface area contributed by atoms with Crippen molar-refractivity contribution in [1.82, 2.24) is 9.79 Å². The highest BCUT2D eigenvalue weighted by molar-refractivity contribution is 7.85. The SMILES string of the molecule is O=C(NO)C1(S(=O)N2CCC(CCCCCOCC(F)(F)F)CC2)CCOCC1. The fraction of sp³-hybridized carbons (Fsp3) is 0.944. The number of nitrogens with zero attached hydrogens (tertiary/aromatic N) is 1. The van der Waals surface area contributed by atoms with Crippen molar-refractivity contribution in [2.45, 2.75) is 62.3 Å². The number of ether oxygens (including phenoxy) is 2. The predicted molar refractivity (Wildman–Crippen MR) is 100 cm³/mol. The molecule has 1 atom stereocenters. The Morgan fingerprint density at radius 3 is 2.45 bits per heavy atom. The summed E-state index contributed by atoms with van der Waals surface area (Å²) in [5.41, 5.74) is 1.67. The van der Waals surface area contributed by atoms with Gasteiger partial charge in [0, 0.05) is 32.9 Å². The molecule has 0 saturated carbocycles. The number of rotatable bonds is 10. The number of piperidine rings is 1. The van der Waals surface area contributed by atoms with E-state index in [-0.39, 0.29) is 6.61 Å². The molecule has 0 spiro atoms. The Morgan fingerprint density at radius 1 is 1.21 bits per heavy atom.